The Bertz CT molecular complexity index is 1040. The molecule has 0 radical (unpaired) electrons. The summed E-state index contributed by atoms with van der Waals surface area (Å²) in [6, 6.07) is 9.06. The molecule has 0 aromatic heterocycles. The van der Waals surface area contributed by atoms with Crippen molar-refractivity contribution < 1.29 is 14.3 Å². The third kappa shape index (κ3) is 2.27. The van der Waals surface area contributed by atoms with Crippen LogP contribution >= 0.6 is 23.2 Å². The minimum atomic E-state index is -0.277. The van der Waals surface area contributed by atoms with E-state index in [-0.39, 0.29) is 39.4 Å². The molecule has 7 aliphatic rings. The molecule has 32 heavy (non-hydrogen) atoms. The number of anilines is 1. The first-order valence-corrected chi connectivity index (χ1v) is 12.6. The van der Waals surface area contributed by atoms with Gasteiger partial charge in [0.2, 0.25) is 0 Å². The van der Waals surface area contributed by atoms with E-state index in [2.05, 4.69) is 34.5 Å². The van der Waals surface area contributed by atoms with Gasteiger partial charge in [0.1, 0.15) is 0 Å². The number of ether oxygens (including phenoxy) is 1. The Morgan fingerprint density at radius 1 is 1.22 bits per heavy atom. The van der Waals surface area contributed by atoms with Gasteiger partial charge in [-0.05, 0) is 49.1 Å². The minimum absolute atomic E-state index is 0.0653. The lowest BCUT2D eigenvalue weighted by molar-refractivity contribution is -0.171. The third-order valence-corrected chi connectivity index (χ3v) is 9.53. The molecule has 8 rings (SSSR count). The van der Waals surface area contributed by atoms with Crippen LogP contribution in [0.1, 0.15) is 44.1 Å². The van der Waals surface area contributed by atoms with Gasteiger partial charge in [0, 0.05) is 47.8 Å². The number of nitrogens with zero attached hydrogens (tertiary/aromatic N) is 1. The average Bonchev–Trinajstić information content (AvgIpc) is 3.46. The van der Waals surface area contributed by atoms with Crippen molar-refractivity contribution in [1.82, 2.24) is 4.90 Å². The Morgan fingerprint density at radius 3 is 2.78 bits per heavy atom. The second-order valence-electron chi connectivity index (χ2n) is 10.3. The number of ketones is 1. The smallest absolute Gasteiger partial charge is 0.311 e. The molecule has 5 fully saturated rings. The quantitative estimate of drug-likeness (QED) is 0.481. The van der Waals surface area contributed by atoms with Crippen LogP contribution in [0.4, 0.5) is 5.69 Å². The molecule has 0 unspecified atom stereocenters. The Hall–Kier alpha value is -1.72. The van der Waals surface area contributed by atoms with E-state index in [9.17, 15) is 9.59 Å². The summed E-state index contributed by atoms with van der Waals surface area (Å²) < 4.78 is 5.37. The van der Waals surface area contributed by atoms with Crippen molar-refractivity contribution >= 4 is 40.6 Å². The Morgan fingerprint density at radius 2 is 2.00 bits per heavy atom. The summed E-state index contributed by atoms with van der Waals surface area (Å²) in [6.45, 7) is 0.980. The van der Waals surface area contributed by atoms with Gasteiger partial charge >= 0.3 is 5.97 Å². The van der Waals surface area contributed by atoms with E-state index in [4.69, 9.17) is 27.9 Å². The van der Waals surface area contributed by atoms with Crippen molar-refractivity contribution in [3.05, 3.63) is 41.6 Å². The zero-order valence-electron chi connectivity index (χ0n) is 18.2. The Labute approximate surface area is 198 Å². The van der Waals surface area contributed by atoms with Gasteiger partial charge in [0.15, 0.2) is 5.78 Å². The Balaban J connectivity index is 0.000000620. The standard InChI is InChI=1S/C24H26N2O3.CH2Cl2/c1-29-20(28)17-13-22-6-7-24(17)23(16-4-2-3-5-18(16)25-24)8-9-26(21(22)23)19-11-15(27)10-14(19)12-22;2-1-3/h2-5,11,14,17,21,25H,6-10,12-13H2,1H3;1H2/t14-,17-,21-,22-,23+,24+;/m0./s1. The van der Waals surface area contributed by atoms with Crippen LogP contribution in [-0.2, 0) is 19.7 Å². The molecular formula is C25H28Cl2N2O3. The lowest BCUT2D eigenvalue weighted by atomic mass is 9.38. The van der Waals surface area contributed by atoms with Crippen molar-refractivity contribution in [3.63, 3.8) is 0 Å². The number of benzene rings is 1. The lowest BCUT2D eigenvalue weighted by Crippen LogP contribution is -2.77. The summed E-state index contributed by atoms with van der Waals surface area (Å²) in [4.78, 5) is 28.1. The highest BCUT2D eigenvalue weighted by Crippen LogP contribution is 2.75. The van der Waals surface area contributed by atoms with E-state index >= 15 is 0 Å². The molecule has 1 aromatic carbocycles. The lowest BCUT2D eigenvalue weighted by Gasteiger charge is -2.69. The van der Waals surface area contributed by atoms with E-state index in [0.29, 0.717) is 18.4 Å². The summed E-state index contributed by atoms with van der Waals surface area (Å²) >= 11 is 9.53. The molecule has 4 aliphatic carbocycles. The first-order chi connectivity index (χ1) is 15.5. The maximum atomic E-state index is 13.1. The maximum Gasteiger partial charge on any atom is 0.311 e. The van der Waals surface area contributed by atoms with Gasteiger partial charge in [-0.2, -0.15) is 0 Å². The fourth-order valence-electron chi connectivity index (χ4n) is 8.92. The molecule has 3 spiro atoms. The highest BCUT2D eigenvalue weighted by atomic mass is 35.5. The van der Waals surface area contributed by atoms with E-state index in [1.807, 2.05) is 6.08 Å². The number of nitrogens with one attached hydrogen (secondary N) is 1. The van der Waals surface area contributed by atoms with Gasteiger partial charge in [0.25, 0.3) is 0 Å². The fraction of sp³-hybridized carbons (Fsp3) is 0.600. The first kappa shape index (κ1) is 20.9. The predicted molar refractivity (Wildman–Crippen MR) is 124 cm³/mol. The molecule has 3 heterocycles. The number of para-hydroxylation sites is 1. The van der Waals surface area contributed by atoms with Crippen LogP contribution in [0.3, 0.4) is 0 Å². The van der Waals surface area contributed by atoms with Crippen LogP contribution in [0.2, 0.25) is 0 Å². The van der Waals surface area contributed by atoms with E-state index in [1.165, 1.54) is 24.1 Å². The van der Waals surface area contributed by atoms with Gasteiger partial charge in [-0.15, -0.1) is 23.2 Å². The van der Waals surface area contributed by atoms with Crippen LogP contribution in [-0.4, -0.2) is 47.2 Å². The number of carbonyl (C=O) groups is 2. The van der Waals surface area contributed by atoms with Crippen LogP contribution in [0.5, 0.6) is 0 Å². The topological polar surface area (TPSA) is 58.6 Å². The first-order valence-electron chi connectivity index (χ1n) is 11.5. The van der Waals surface area contributed by atoms with Gasteiger partial charge in [0.05, 0.1) is 23.9 Å². The molecule has 6 atom stereocenters. The minimum Gasteiger partial charge on any atom is -0.469 e. The molecule has 3 saturated carbocycles. The second kappa shape index (κ2) is 6.89. The number of fused-ring (bicyclic) bond motifs is 5. The van der Waals surface area contributed by atoms with E-state index < -0.39 is 0 Å². The normalized spacial score (nSPS) is 41.5. The van der Waals surface area contributed by atoms with Crippen LogP contribution in [0.15, 0.2) is 36.0 Å². The second-order valence-corrected chi connectivity index (χ2v) is 11.2. The van der Waals surface area contributed by atoms with Crippen molar-refractivity contribution in [2.75, 3.05) is 24.3 Å². The number of piperidine rings is 1. The fourth-order valence-corrected chi connectivity index (χ4v) is 8.92. The molecule has 3 aliphatic heterocycles. The van der Waals surface area contributed by atoms with Gasteiger partial charge < -0.3 is 15.0 Å². The van der Waals surface area contributed by atoms with Crippen molar-refractivity contribution in [2.24, 2.45) is 17.3 Å². The van der Waals surface area contributed by atoms with E-state index in [0.717, 1.165) is 38.6 Å². The summed E-state index contributed by atoms with van der Waals surface area (Å²) in [6.07, 6.45) is 7.66. The number of hydrogen-bond acceptors (Lipinski definition) is 5. The molecular weight excluding hydrogens is 447 g/mol. The zero-order chi connectivity index (χ0) is 22.3. The predicted octanol–water partition coefficient (Wildman–Crippen LogP) is 4.43. The molecule has 2 saturated heterocycles. The van der Waals surface area contributed by atoms with Crippen molar-refractivity contribution in [2.45, 2.75) is 55.5 Å². The number of hydrogen-bond donors (Lipinski definition) is 1. The zero-order valence-corrected chi connectivity index (χ0v) is 19.7. The number of allylic oxidation sites excluding steroid dienone is 2. The monoisotopic (exact) mass is 474 g/mol. The van der Waals surface area contributed by atoms with Crippen LogP contribution < -0.4 is 5.32 Å². The third-order valence-electron chi connectivity index (χ3n) is 9.53. The van der Waals surface area contributed by atoms with Crippen LogP contribution in [0.25, 0.3) is 0 Å². The molecule has 5 nitrogen and oxygen atoms in total. The summed E-state index contributed by atoms with van der Waals surface area (Å²) in [7, 11) is 1.53. The van der Waals surface area contributed by atoms with E-state index in [1.54, 1.807) is 0 Å². The summed E-state index contributed by atoms with van der Waals surface area (Å²) in [5, 5.41) is 4.10. The van der Waals surface area contributed by atoms with Gasteiger partial charge in [-0.3, -0.25) is 9.59 Å². The molecule has 2 bridgehead atoms. The average molecular weight is 475 g/mol. The van der Waals surface area contributed by atoms with Crippen molar-refractivity contribution in [1.29, 1.82) is 0 Å². The summed E-state index contributed by atoms with van der Waals surface area (Å²) in [5.41, 5.74) is 3.58. The largest absolute Gasteiger partial charge is 0.469 e. The Kier molecular flexibility index (Phi) is 4.49. The molecule has 0 amide bonds. The van der Waals surface area contributed by atoms with Gasteiger partial charge in [-0.25, -0.2) is 0 Å². The number of alkyl halides is 2. The highest BCUT2D eigenvalue weighted by molar-refractivity contribution is 6.40. The molecule has 170 valence electrons. The number of rotatable bonds is 1. The maximum absolute atomic E-state index is 13.1. The number of methoxy groups -OCH3 is 1. The highest BCUT2D eigenvalue weighted by Gasteiger charge is 2.80. The van der Waals surface area contributed by atoms with Crippen molar-refractivity contribution in [3.8, 4) is 0 Å². The van der Waals surface area contributed by atoms with Gasteiger partial charge in [-0.1, -0.05) is 18.2 Å². The SMILES string of the molecule is COC(=O)[C@@H]1C[C@]23CC[C@@]14Nc1ccccc1[C@@]41CCN(C4=CC(=O)C[C@H]4C2)[C@@H]31.ClCCl. The number of carbonyl (C=O) groups excluding carboxylic acids is 2. The number of esters is 1. The number of halogens is 2. The summed E-state index contributed by atoms with van der Waals surface area (Å²) in [5.74, 6) is 0.416. The molecule has 1 aromatic rings. The molecule has 7 heteroatoms. The molecule has 1 N–H and O–H groups in total. The van der Waals surface area contributed by atoms with Crippen LogP contribution in [0, 0.1) is 17.3 Å².